The minimum atomic E-state index is -1.32. The Morgan fingerprint density at radius 2 is 2.00 bits per heavy atom. The summed E-state index contributed by atoms with van der Waals surface area (Å²) in [5.74, 6) is 0.451. The summed E-state index contributed by atoms with van der Waals surface area (Å²) in [5.41, 5.74) is -1.32. The molecule has 0 aromatic heterocycles. The van der Waals surface area contributed by atoms with Gasteiger partial charge in [0.25, 0.3) is 0 Å². The first kappa shape index (κ1) is 12.9. The van der Waals surface area contributed by atoms with Crippen LogP contribution in [0.4, 0.5) is 0 Å². The van der Waals surface area contributed by atoms with E-state index >= 15 is 0 Å². The molecule has 0 saturated carbocycles. The van der Waals surface area contributed by atoms with Gasteiger partial charge in [-0.2, -0.15) is 0 Å². The van der Waals surface area contributed by atoms with Crippen molar-refractivity contribution in [2.75, 3.05) is 6.61 Å². The Bertz CT molecular complexity index is 207. The summed E-state index contributed by atoms with van der Waals surface area (Å²) in [7, 11) is 0. The van der Waals surface area contributed by atoms with Crippen LogP contribution in [0, 0.1) is 5.92 Å². The molecule has 0 aromatic rings. The lowest BCUT2D eigenvalue weighted by Crippen LogP contribution is -2.61. The fourth-order valence-corrected chi connectivity index (χ4v) is 1.92. The maximum Gasteiger partial charge on any atom is 0.119 e. The zero-order chi connectivity index (χ0) is 11.6. The third-order valence-electron chi connectivity index (χ3n) is 3.22. The van der Waals surface area contributed by atoms with Crippen molar-refractivity contribution in [2.45, 2.75) is 57.5 Å². The lowest BCUT2D eigenvalue weighted by Gasteiger charge is -2.44. The Morgan fingerprint density at radius 1 is 1.40 bits per heavy atom. The first-order valence-electron chi connectivity index (χ1n) is 5.58. The lowest BCUT2D eigenvalue weighted by molar-refractivity contribution is -0.240. The molecule has 1 aliphatic heterocycles. The van der Waals surface area contributed by atoms with Crippen LogP contribution in [0.2, 0.25) is 0 Å². The number of aliphatic hydroxyl groups is 3. The van der Waals surface area contributed by atoms with E-state index in [9.17, 15) is 15.3 Å². The van der Waals surface area contributed by atoms with Gasteiger partial charge < -0.3 is 20.1 Å². The van der Waals surface area contributed by atoms with Gasteiger partial charge in [-0.3, -0.25) is 0 Å². The van der Waals surface area contributed by atoms with Gasteiger partial charge in [-0.1, -0.05) is 13.8 Å². The number of aliphatic hydroxyl groups excluding tert-OH is 2. The van der Waals surface area contributed by atoms with E-state index in [1.165, 1.54) is 0 Å². The van der Waals surface area contributed by atoms with E-state index in [1.54, 1.807) is 6.92 Å². The maximum absolute atomic E-state index is 10.3. The number of hydrogen-bond donors (Lipinski definition) is 3. The van der Waals surface area contributed by atoms with Gasteiger partial charge >= 0.3 is 0 Å². The molecule has 2 unspecified atom stereocenters. The zero-order valence-corrected chi connectivity index (χ0v) is 9.68. The van der Waals surface area contributed by atoms with Crippen molar-refractivity contribution in [1.82, 2.24) is 0 Å². The van der Waals surface area contributed by atoms with E-state index in [4.69, 9.17) is 4.74 Å². The molecule has 0 amide bonds. The molecule has 4 heteroatoms. The fourth-order valence-electron chi connectivity index (χ4n) is 1.92. The third kappa shape index (κ3) is 2.69. The molecule has 1 heterocycles. The van der Waals surface area contributed by atoms with Crippen LogP contribution in [-0.2, 0) is 4.74 Å². The largest absolute Gasteiger partial charge is 0.388 e. The van der Waals surface area contributed by atoms with Crippen LogP contribution in [0.5, 0.6) is 0 Å². The highest BCUT2D eigenvalue weighted by Crippen LogP contribution is 2.31. The lowest BCUT2D eigenvalue weighted by atomic mass is 9.80. The summed E-state index contributed by atoms with van der Waals surface area (Å²) in [6.45, 7) is 5.93. The van der Waals surface area contributed by atoms with E-state index in [2.05, 4.69) is 13.8 Å². The predicted octanol–water partition coefficient (Wildman–Crippen LogP) is 0.294. The second-order valence-electron chi connectivity index (χ2n) is 4.91. The van der Waals surface area contributed by atoms with E-state index in [0.29, 0.717) is 12.3 Å². The molecule has 3 N–H and O–H groups in total. The third-order valence-corrected chi connectivity index (χ3v) is 3.22. The van der Waals surface area contributed by atoms with Crippen LogP contribution in [-0.4, -0.2) is 45.8 Å². The van der Waals surface area contributed by atoms with Crippen LogP contribution in [0.15, 0.2) is 0 Å². The first-order valence-corrected chi connectivity index (χ1v) is 5.58. The molecule has 1 saturated heterocycles. The standard InChI is InChI=1S/C11H22O4/c1-7(2)4-5-11(14)8(3)15-6-9(12)10(11)13/h7-10,12-14H,4-6H2,1-3H3/t8?,9-,10?,11+/m0/s1. The molecule has 4 atom stereocenters. The van der Waals surface area contributed by atoms with Crippen LogP contribution in [0.25, 0.3) is 0 Å². The van der Waals surface area contributed by atoms with E-state index in [1.807, 2.05) is 0 Å². The predicted molar refractivity (Wildman–Crippen MR) is 56.4 cm³/mol. The van der Waals surface area contributed by atoms with E-state index in [0.717, 1.165) is 6.42 Å². The van der Waals surface area contributed by atoms with Crippen molar-refractivity contribution in [3.8, 4) is 0 Å². The topological polar surface area (TPSA) is 69.9 Å². The normalized spacial score (nSPS) is 42.2. The van der Waals surface area contributed by atoms with Crippen molar-refractivity contribution >= 4 is 0 Å². The molecule has 0 aromatic carbocycles. The van der Waals surface area contributed by atoms with Gasteiger partial charge in [0.05, 0.1) is 12.7 Å². The first-order chi connectivity index (χ1) is 6.88. The van der Waals surface area contributed by atoms with Gasteiger partial charge in [-0.15, -0.1) is 0 Å². The van der Waals surface area contributed by atoms with Crippen LogP contribution in [0.1, 0.15) is 33.6 Å². The molecule has 1 aliphatic rings. The van der Waals surface area contributed by atoms with Crippen molar-refractivity contribution in [1.29, 1.82) is 0 Å². The minimum absolute atomic E-state index is 0.0896. The summed E-state index contributed by atoms with van der Waals surface area (Å²) in [5, 5.41) is 29.6. The molecule has 0 radical (unpaired) electrons. The quantitative estimate of drug-likeness (QED) is 0.637. The van der Waals surface area contributed by atoms with Crippen molar-refractivity contribution in [3.05, 3.63) is 0 Å². The molecular weight excluding hydrogens is 196 g/mol. The number of ether oxygens (including phenoxy) is 1. The number of rotatable bonds is 3. The summed E-state index contributed by atoms with van der Waals surface area (Å²) in [6, 6.07) is 0. The Balaban J connectivity index is 2.67. The monoisotopic (exact) mass is 218 g/mol. The maximum atomic E-state index is 10.3. The molecule has 1 rings (SSSR count). The van der Waals surface area contributed by atoms with Crippen LogP contribution in [0.3, 0.4) is 0 Å². The second-order valence-corrected chi connectivity index (χ2v) is 4.91. The van der Waals surface area contributed by atoms with Crippen molar-refractivity contribution in [2.24, 2.45) is 5.92 Å². The van der Waals surface area contributed by atoms with Crippen LogP contribution < -0.4 is 0 Å². The van der Waals surface area contributed by atoms with Gasteiger partial charge in [0.1, 0.15) is 17.8 Å². The Hall–Kier alpha value is -0.160. The summed E-state index contributed by atoms with van der Waals surface area (Å²) in [6.07, 6.45) is -1.29. The highest BCUT2D eigenvalue weighted by Gasteiger charge is 2.48. The molecule has 0 spiro atoms. The summed E-state index contributed by atoms with van der Waals surface area (Å²) in [4.78, 5) is 0. The van der Waals surface area contributed by atoms with Crippen molar-refractivity contribution in [3.63, 3.8) is 0 Å². The van der Waals surface area contributed by atoms with E-state index in [-0.39, 0.29) is 6.61 Å². The Labute approximate surface area is 90.9 Å². The zero-order valence-electron chi connectivity index (χ0n) is 9.68. The van der Waals surface area contributed by atoms with Crippen molar-refractivity contribution < 1.29 is 20.1 Å². The van der Waals surface area contributed by atoms with Gasteiger partial charge in [-0.05, 0) is 25.7 Å². The average molecular weight is 218 g/mol. The van der Waals surface area contributed by atoms with Gasteiger partial charge in [-0.25, -0.2) is 0 Å². The molecule has 1 fully saturated rings. The molecular formula is C11H22O4. The smallest absolute Gasteiger partial charge is 0.119 e. The SMILES string of the molecule is CC(C)CC[C@@]1(O)C(C)OC[C@H](O)C1O. The highest BCUT2D eigenvalue weighted by molar-refractivity contribution is 4.98. The highest BCUT2D eigenvalue weighted by atomic mass is 16.5. The molecule has 4 nitrogen and oxygen atoms in total. The number of hydrogen-bond acceptors (Lipinski definition) is 4. The van der Waals surface area contributed by atoms with Crippen LogP contribution >= 0.6 is 0 Å². The molecule has 0 bridgehead atoms. The molecule has 0 aliphatic carbocycles. The second kappa shape index (κ2) is 4.78. The Kier molecular flexibility index (Phi) is 4.12. The fraction of sp³-hybridized carbons (Fsp3) is 1.00. The molecule has 15 heavy (non-hydrogen) atoms. The minimum Gasteiger partial charge on any atom is -0.388 e. The Morgan fingerprint density at radius 3 is 2.53 bits per heavy atom. The van der Waals surface area contributed by atoms with E-state index < -0.39 is 23.9 Å². The van der Waals surface area contributed by atoms with Gasteiger partial charge in [0, 0.05) is 0 Å². The molecule has 90 valence electrons. The van der Waals surface area contributed by atoms with Gasteiger partial charge in [0.15, 0.2) is 0 Å². The van der Waals surface area contributed by atoms with Gasteiger partial charge in [0.2, 0.25) is 0 Å². The average Bonchev–Trinajstić information content (AvgIpc) is 2.18. The summed E-state index contributed by atoms with van der Waals surface area (Å²) >= 11 is 0. The summed E-state index contributed by atoms with van der Waals surface area (Å²) < 4.78 is 5.25.